The number of benzene rings is 2. The number of likely N-dealkylation sites (tertiary alicyclic amines) is 2. The van der Waals surface area contributed by atoms with Crippen molar-refractivity contribution in [1.82, 2.24) is 30.0 Å². The molecule has 0 aliphatic carbocycles. The fraction of sp³-hybridized carbons (Fsp3) is 0.526. The van der Waals surface area contributed by atoms with Crippen molar-refractivity contribution in [2.75, 3.05) is 57.8 Å². The lowest BCUT2D eigenvalue weighted by atomic mass is 9.72. The molecule has 11 nitrogen and oxygen atoms in total. The highest BCUT2D eigenvalue weighted by Crippen LogP contribution is 2.48. The first-order chi connectivity index (χ1) is 24.3. The monoisotopic (exact) mass is 703 g/mol. The van der Waals surface area contributed by atoms with Gasteiger partial charge in [-0.2, -0.15) is 15.1 Å². The van der Waals surface area contributed by atoms with E-state index < -0.39 is 18.6 Å². The van der Waals surface area contributed by atoms with Crippen molar-refractivity contribution in [3.63, 3.8) is 0 Å². The summed E-state index contributed by atoms with van der Waals surface area (Å²) in [6.07, 6.45) is 3.75. The van der Waals surface area contributed by atoms with Crippen molar-refractivity contribution < 1.29 is 27.8 Å². The summed E-state index contributed by atoms with van der Waals surface area (Å²) in [6, 6.07) is 6.10. The van der Waals surface area contributed by atoms with E-state index in [0.29, 0.717) is 54.0 Å². The van der Waals surface area contributed by atoms with Gasteiger partial charge in [-0.05, 0) is 89.2 Å². The maximum absolute atomic E-state index is 13.9. The number of H-pyrrole nitrogens is 1. The molecule has 13 heteroatoms. The van der Waals surface area contributed by atoms with E-state index in [9.17, 15) is 13.6 Å². The Hall–Kier alpha value is -4.52. The summed E-state index contributed by atoms with van der Waals surface area (Å²) < 4.78 is 46.0. The topological polar surface area (TPSA) is 109 Å². The number of nitrogens with one attached hydrogen (secondary N) is 1. The van der Waals surface area contributed by atoms with Crippen LogP contribution in [0, 0.1) is 12.3 Å². The third-order valence-corrected chi connectivity index (χ3v) is 10.4. The number of amides is 1. The molecule has 3 aliphatic rings. The Morgan fingerprint density at radius 1 is 1.10 bits per heavy atom. The third-order valence-electron chi connectivity index (χ3n) is 10.4. The van der Waals surface area contributed by atoms with E-state index in [2.05, 4.69) is 33.6 Å². The number of fused-ring (bicyclic) bond motifs is 2. The predicted octanol–water partition coefficient (Wildman–Crippen LogP) is 7.08. The molecule has 3 fully saturated rings. The van der Waals surface area contributed by atoms with Gasteiger partial charge in [0.15, 0.2) is 5.75 Å². The Balaban J connectivity index is 1.31. The van der Waals surface area contributed by atoms with Crippen molar-refractivity contribution in [2.45, 2.75) is 71.5 Å². The number of alkyl halides is 2. The van der Waals surface area contributed by atoms with E-state index in [4.69, 9.17) is 24.2 Å². The fourth-order valence-corrected chi connectivity index (χ4v) is 7.66. The zero-order valence-electron chi connectivity index (χ0n) is 30.1. The summed E-state index contributed by atoms with van der Waals surface area (Å²) in [5, 5.41) is 8.80. The quantitative estimate of drug-likeness (QED) is 0.206. The molecule has 0 radical (unpaired) electrons. The Kier molecular flexibility index (Phi) is 9.28. The van der Waals surface area contributed by atoms with Gasteiger partial charge < -0.3 is 28.9 Å². The zero-order chi connectivity index (χ0) is 36.1. The number of piperidine rings is 2. The second-order valence-corrected chi connectivity index (χ2v) is 15.3. The molecule has 5 heterocycles. The third kappa shape index (κ3) is 7.04. The van der Waals surface area contributed by atoms with Crippen LogP contribution in [0.1, 0.15) is 57.6 Å². The standard InChI is InChI=1S/C38H47F2N7O4/c1-7-24-18-26-32(33(49-20-29(39)40)31(24)30-23(2)8-9-28-27(30)19-41-44-28)42-35(50-25-10-14-45(6)15-11-25)43-34(26)46-16-12-38(13-17-46)21-47(22-38)36(48)51-37(3,4)5/h7-9,18-19,25,29H,1,10-17,20-22H2,2-6H3,(H,41,44). The minimum absolute atomic E-state index is 0.00940. The predicted molar refractivity (Wildman–Crippen MR) is 194 cm³/mol. The maximum Gasteiger partial charge on any atom is 0.410 e. The van der Waals surface area contributed by atoms with Gasteiger partial charge in [0, 0.05) is 61.0 Å². The van der Waals surface area contributed by atoms with Gasteiger partial charge in [-0.15, -0.1) is 0 Å². The minimum Gasteiger partial charge on any atom is -0.485 e. The van der Waals surface area contributed by atoms with Crippen LogP contribution in [0.25, 0.3) is 39.0 Å². The van der Waals surface area contributed by atoms with Gasteiger partial charge in [-0.3, -0.25) is 5.10 Å². The van der Waals surface area contributed by atoms with Crippen LogP contribution in [-0.2, 0) is 4.74 Å². The zero-order valence-corrected chi connectivity index (χ0v) is 30.1. The van der Waals surface area contributed by atoms with E-state index >= 15 is 0 Å². The Morgan fingerprint density at radius 2 is 1.82 bits per heavy atom. The number of carbonyl (C=O) groups excluding carboxylic acids is 1. The summed E-state index contributed by atoms with van der Waals surface area (Å²) in [7, 11) is 2.09. The molecule has 4 aromatic rings. The molecule has 7 rings (SSSR count). The van der Waals surface area contributed by atoms with Gasteiger partial charge >= 0.3 is 12.1 Å². The number of hydrogen-bond donors (Lipinski definition) is 1. The van der Waals surface area contributed by atoms with E-state index in [-0.39, 0.29) is 29.4 Å². The number of ether oxygens (including phenoxy) is 3. The second-order valence-electron chi connectivity index (χ2n) is 15.3. The van der Waals surface area contributed by atoms with Gasteiger partial charge in [0.25, 0.3) is 6.43 Å². The molecular formula is C38H47F2N7O4. The molecule has 0 unspecified atom stereocenters. The fourth-order valence-electron chi connectivity index (χ4n) is 7.66. The average molecular weight is 704 g/mol. The molecule has 0 bridgehead atoms. The molecule has 51 heavy (non-hydrogen) atoms. The number of carbonyl (C=O) groups is 1. The highest BCUT2D eigenvalue weighted by molar-refractivity contribution is 6.07. The van der Waals surface area contributed by atoms with E-state index in [1.165, 1.54) is 0 Å². The van der Waals surface area contributed by atoms with E-state index in [1.54, 1.807) is 17.2 Å². The molecule has 3 saturated heterocycles. The summed E-state index contributed by atoms with van der Waals surface area (Å²) in [4.78, 5) is 28.9. The first kappa shape index (κ1) is 34.9. The van der Waals surface area contributed by atoms with Crippen molar-refractivity contribution in [1.29, 1.82) is 0 Å². The summed E-state index contributed by atoms with van der Waals surface area (Å²) >= 11 is 0. The lowest BCUT2D eigenvalue weighted by Gasteiger charge is -2.53. The number of anilines is 1. The summed E-state index contributed by atoms with van der Waals surface area (Å²) in [5.41, 5.74) is 3.73. The van der Waals surface area contributed by atoms with Crippen LogP contribution in [0.4, 0.5) is 19.4 Å². The van der Waals surface area contributed by atoms with Crippen LogP contribution in [0.5, 0.6) is 11.8 Å². The molecule has 2 aromatic carbocycles. The smallest absolute Gasteiger partial charge is 0.410 e. The Morgan fingerprint density at radius 3 is 2.49 bits per heavy atom. The van der Waals surface area contributed by atoms with Crippen molar-refractivity contribution in [2.24, 2.45) is 5.41 Å². The molecule has 1 N–H and O–H groups in total. The molecule has 2 aromatic heterocycles. The van der Waals surface area contributed by atoms with Crippen LogP contribution in [0.3, 0.4) is 0 Å². The normalized spacial score (nSPS) is 18.4. The largest absolute Gasteiger partial charge is 0.485 e. The second kappa shape index (κ2) is 13.6. The molecule has 272 valence electrons. The van der Waals surface area contributed by atoms with Crippen LogP contribution in [-0.4, -0.2) is 107 Å². The van der Waals surface area contributed by atoms with E-state index in [1.807, 2.05) is 45.9 Å². The number of aromatic amines is 1. The molecule has 0 saturated carbocycles. The van der Waals surface area contributed by atoms with Gasteiger partial charge in [0.05, 0.1) is 11.7 Å². The first-order valence-electron chi connectivity index (χ1n) is 17.8. The number of halogens is 2. The van der Waals surface area contributed by atoms with Crippen LogP contribution >= 0.6 is 0 Å². The SMILES string of the molecule is C=Cc1cc2c(N3CCC4(CC3)CN(C(=O)OC(C)(C)C)C4)nc(OC3CCN(C)CC3)nc2c(OCC(F)F)c1-c1c(C)ccc2[nH]ncc12. The summed E-state index contributed by atoms with van der Waals surface area (Å²) in [5.74, 6) is 0.896. The van der Waals surface area contributed by atoms with Crippen molar-refractivity contribution in [3.05, 3.63) is 42.1 Å². The molecule has 3 aliphatic heterocycles. The van der Waals surface area contributed by atoms with Gasteiger partial charge in [0.2, 0.25) is 0 Å². The molecule has 0 atom stereocenters. The van der Waals surface area contributed by atoms with E-state index in [0.717, 1.165) is 60.8 Å². The molecular weight excluding hydrogens is 656 g/mol. The van der Waals surface area contributed by atoms with Crippen LogP contribution in [0.2, 0.25) is 0 Å². The Bertz CT molecular complexity index is 1930. The first-order valence-corrected chi connectivity index (χ1v) is 17.8. The van der Waals surface area contributed by atoms with Crippen molar-refractivity contribution >= 4 is 39.8 Å². The van der Waals surface area contributed by atoms with Gasteiger partial charge in [-0.25, -0.2) is 13.6 Å². The number of aryl methyl sites for hydroxylation is 1. The van der Waals surface area contributed by atoms with Gasteiger partial charge in [-0.1, -0.05) is 18.7 Å². The van der Waals surface area contributed by atoms with Crippen molar-refractivity contribution in [3.8, 4) is 22.9 Å². The maximum atomic E-state index is 13.9. The Labute approximate surface area is 296 Å². The average Bonchev–Trinajstić information content (AvgIpc) is 3.55. The highest BCUT2D eigenvalue weighted by atomic mass is 19.3. The van der Waals surface area contributed by atoms with Gasteiger partial charge in [0.1, 0.15) is 29.6 Å². The summed E-state index contributed by atoms with van der Waals surface area (Å²) in [6.45, 7) is 15.4. The van der Waals surface area contributed by atoms with Crippen LogP contribution < -0.4 is 14.4 Å². The molecule has 1 spiro atoms. The number of rotatable bonds is 8. The minimum atomic E-state index is -2.71. The molecule has 1 amide bonds. The van der Waals surface area contributed by atoms with Crippen LogP contribution in [0.15, 0.2) is 31.0 Å². The lowest BCUT2D eigenvalue weighted by molar-refractivity contribution is -0.0434. The lowest BCUT2D eigenvalue weighted by Crippen LogP contribution is -2.62. The number of hydrogen-bond acceptors (Lipinski definition) is 9. The highest BCUT2D eigenvalue weighted by Gasteiger charge is 2.48. The number of aromatic nitrogens is 4. The number of nitrogens with zero attached hydrogens (tertiary/aromatic N) is 6.